The average molecular weight is 296 g/mol. The van der Waals surface area contributed by atoms with Crippen LogP contribution in [0.4, 0.5) is 0 Å². The van der Waals surface area contributed by atoms with Gasteiger partial charge >= 0.3 is 0 Å². The molecule has 0 aromatic carbocycles. The Balaban J connectivity index is 2.22. The van der Waals surface area contributed by atoms with Gasteiger partial charge < -0.3 is 0 Å². The van der Waals surface area contributed by atoms with Crippen LogP contribution in [0.15, 0.2) is 0 Å². The van der Waals surface area contributed by atoms with E-state index in [-0.39, 0.29) is 5.54 Å². The molecule has 1 saturated heterocycles. The van der Waals surface area contributed by atoms with E-state index in [4.69, 9.17) is 0 Å². The number of rotatable bonds is 10. The number of ketones is 1. The van der Waals surface area contributed by atoms with Gasteiger partial charge in [0, 0.05) is 6.42 Å². The summed E-state index contributed by atoms with van der Waals surface area (Å²) in [5, 5.41) is 0. The van der Waals surface area contributed by atoms with Gasteiger partial charge in [-0.05, 0) is 46.2 Å². The normalized spacial score (nSPS) is 17.7. The molecule has 0 radical (unpaired) electrons. The van der Waals surface area contributed by atoms with Crippen molar-refractivity contribution in [2.24, 2.45) is 0 Å². The van der Waals surface area contributed by atoms with Crippen molar-refractivity contribution in [3.05, 3.63) is 0 Å². The van der Waals surface area contributed by atoms with E-state index in [1.54, 1.807) is 0 Å². The van der Waals surface area contributed by atoms with Gasteiger partial charge in [0.2, 0.25) is 0 Å². The summed E-state index contributed by atoms with van der Waals surface area (Å²) >= 11 is 0. The second-order valence-electron chi connectivity index (χ2n) is 7.25. The molecule has 0 N–H and O–H groups in total. The van der Waals surface area contributed by atoms with Crippen LogP contribution in [0.25, 0.3) is 0 Å². The number of nitrogens with zero attached hydrogens (tertiary/aromatic N) is 1. The number of likely N-dealkylation sites (tertiary alicyclic amines) is 1. The topological polar surface area (TPSA) is 20.3 Å². The van der Waals surface area contributed by atoms with Crippen molar-refractivity contribution < 1.29 is 4.79 Å². The second kappa shape index (κ2) is 10.4. The molecule has 0 aromatic heterocycles. The third kappa shape index (κ3) is 6.95. The van der Waals surface area contributed by atoms with Crippen molar-refractivity contribution >= 4 is 5.78 Å². The standard InChI is InChI=1S/C19H37NO/c1-4-5-6-7-8-9-12-15-18(21)19(2,3)20-16-13-10-11-14-17-20/h4-17H2,1-3H3. The lowest BCUT2D eigenvalue weighted by Crippen LogP contribution is -2.50. The fraction of sp³-hybridized carbons (Fsp3) is 0.947. The smallest absolute Gasteiger partial charge is 0.152 e. The van der Waals surface area contributed by atoms with E-state index in [9.17, 15) is 4.79 Å². The molecule has 1 aliphatic heterocycles. The number of Topliss-reactive ketones (excluding diaryl/α,β-unsaturated/α-hetero) is 1. The lowest BCUT2D eigenvalue weighted by atomic mass is 9.92. The number of unbranched alkanes of at least 4 members (excludes halogenated alkanes) is 6. The van der Waals surface area contributed by atoms with Gasteiger partial charge in [0.05, 0.1) is 5.54 Å². The molecular formula is C19H37NO. The van der Waals surface area contributed by atoms with E-state index in [1.807, 2.05) is 0 Å². The Morgan fingerprint density at radius 2 is 1.38 bits per heavy atom. The second-order valence-corrected chi connectivity index (χ2v) is 7.25. The van der Waals surface area contributed by atoms with E-state index in [1.165, 1.54) is 64.2 Å². The molecule has 21 heavy (non-hydrogen) atoms. The van der Waals surface area contributed by atoms with Crippen molar-refractivity contribution in [2.45, 2.75) is 103 Å². The van der Waals surface area contributed by atoms with Crippen molar-refractivity contribution in [2.75, 3.05) is 13.1 Å². The minimum atomic E-state index is -0.244. The maximum Gasteiger partial charge on any atom is 0.152 e. The SMILES string of the molecule is CCCCCCCCCC(=O)C(C)(C)N1CCCCCC1. The first-order chi connectivity index (χ1) is 10.1. The van der Waals surface area contributed by atoms with Gasteiger partial charge in [0.15, 0.2) is 5.78 Å². The van der Waals surface area contributed by atoms with E-state index >= 15 is 0 Å². The molecule has 124 valence electrons. The van der Waals surface area contributed by atoms with Crippen molar-refractivity contribution in [1.82, 2.24) is 4.90 Å². The Morgan fingerprint density at radius 3 is 1.95 bits per heavy atom. The molecule has 0 spiro atoms. The first kappa shape index (κ1) is 18.7. The molecule has 2 nitrogen and oxygen atoms in total. The van der Waals surface area contributed by atoms with Crippen LogP contribution in [-0.2, 0) is 4.79 Å². The van der Waals surface area contributed by atoms with Gasteiger partial charge in [-0.25, -0.2) is 0 Å². The average Bonchev–Trinajstić information content (AvgIpc) is 2.75. The van der Waals surface area contributed by atoms with Crippen LogP contribution in [0.5, 0.6) is 0 Å². The lowest BCUT2D eigenvalue weighted by molar-refractivity contribution is -0.129. The predicted octanol–water partition coefficient (Wildman–Crippen LogP) is 5.35. The fourth-order valence-electron chi connectivity index (χ4n) is 3.35. The minimum absolute atomic E-state index is 0.244. The molecule has 0 unspecified atom stereocenters. The van der Waals surface area contributed by atoms with Crippen molar-refractivity contribution in [3.8, 4) is 0 Å². The minimum Gasteiger partial charge on any atom is -0.298 e. The molecule has 1 rings (SSSR count). The van der Waals surface area contributed by atoms with E-state index in [2.05, 4.69) is 25.7 Å². The summed E-state index contributed by atoms with van der Waals surface area (Å²) in [6.45, 7) is 8.75. The van der Waals surface area contributed by atoms with Crippen molar-refractivity contribution in [1.29, 1.82) is 0 Å². The molecule has 0 aliphatic carbocycles. The predicted molar refractivity (Wildman–Crippen MR) is 91.7 cm³/mol. The van der Waals surface area contributed by atoms with Gasteiger partial charge in [-0.15, -0.1) is 0 Å². The summed E-state index contributed by atoms with van der Waals surface area (Å²) in [6, 6.07) is 0. The zero-order chi connectivity index (χ0) is 15.6. The Morgan fingerprint density at radius 1 is 0.857 bits per heavy atom. The highest BCUT2D eigenvalue weighted by atomic mass is 16.1. The monoisotopic (exact) mass is 295 g/mol. The largest absolute Gasteiger partial charge is 0.298 e. The van der Waals surface area contributed by atoms with Crippen LogP contribution in [0.3, 0.4) is 0 Å². The van der Waals surface area contributed by atoms with Gasteiger partial charge in [-0.3, -0.25) is 9.69 Å². The van der Waals surface area contributed by atoms with Crippen LogP contribution in [-0.4, -0.2) is 29.3 Å². The number of hydrogen-bond acceptors (Lipinski definition) is 2. The van der Waals surface area contributed by atoms with E-state index < -0.39 is 0 Å². The van der Waals surface area contributed by atoms with Gasteiger partial charge in [-0.2, -0.15) is 0 Å². The molecule has 0 aromatic rings. The molecule has 0 bridgehead atoms. The number of carbonyl (C=O) groups is 1. The zero-order valence-corrected chi connectivity index (χ0v) is 14.8. The van der Waals surface area contributed by atoms with Crippen LogP contribution in [0.1, 0.15) is 97.8 Å². The lowest BCUT2D eigenvalue weighted by Gasteiger charge is -2.36. The van der Waals surface area contributed by atoms with Crippen LogP contribution < -0.4 is 0 Å². The molecule has 0 saturated carbocycles. The Bertz CT molecular complexity index is 277. The quantitative estimate of drug-likeness (QED) is 0.506. The van der Waals surface area contributed by atoms with Gasteiger partial charge in [0.25, 0.3) is 0 Å². The Hall–Kier alpha value is -0.370. The molecular weight excluding hydrogens is 258 g/mol. The molecule has 1 heterocycles. The molecule has 0 amide bonds. The summed E-state index contributed by atoms with van der Waals surface area (Å²) in [5.74, 6) is 0.456. The van der Waals surface area contributed by atoms with Crippen LogP contribution >= 0.6 is 0 Å². The number of hydrogen-bond donors (Lipinski definition) is 0. The molecule has 2 heteroatoms. The van der Waals surface area contributed by atoms with Crippen molar-refractivity contribution in [3.63, 3.8) is 0 Å². The summed E-state index contributed by atoms with van der Waals surface area (Å²) in [7, 11) is 0. The Labute approximate surface area is 132 Å². The fourth-order valence-corrected chi connectivity index (χ4v) is 3.35. The Kier molecular flexibility index (Phi) is 9.23. The van der Waals surface area contributed by atoms with Crippen LogP contribution in [0, 0.1) is 0 Å². The van der Waals surface area contributed by atoms with E-state index in [0.29, 0.717) is 5.78 Å². The number of carbonyl (C=O) groups excluding carboxylic acids is 1. The summed E-state index contributed by atoms with van der Waals surface area (Å²) in [6.07, 6.45) is 15.0. The van der Waals surface area contributed by atoms with Crippen LogP contribution in [0.2, 0.25) is 0 Å². The summed E-state index contributed by atoms with van der Waals surface area (Å²) in [5.41, 5.74) is -0.244. The highest BCUT2D eigenvalue weighted by Gasteiger charge is 2.33. The maximum atomic E-state index is 12.6. The highest BCUT2D eigenvalue weighted by molar-refractivity contribution is 5.87. The molecule has 0 atom stereocenters. The summed E-state index contributed by atoms with van der Waals surface area (Å²) in [4.78, 5) is 15.0. The van der Waals surface area contributed by atoms with Gasteiger partial charge in [-0.1, -0.05) is 58.3 Å². The molecule has 1 aliphatic rings. The summed E-state index contributed by atoms with van der Waals surface area (Å²) < 4.78 is 0. The zero-order valence-electron chi connectivity index (χ0n) is 14.8. The van der Waals surface area contributed by atoms with E-state index in [0.717, 1.165) is 25.9 Å². The first-order valence-electron chi connectivity index (χ1n) is 9.37. The third-order valence-corrected chi connectivity index (χ3v) is 5.09. The highest BCUT2D eigenvalue weighted by Crippen LogP contribution is 2.23. The maximum absolute atomic E-state index is 12.6. The third-order valence-electron chi connectivity index (χ3n) is 5.09. The first-order valence-corrected chi connectivity index (χ1v) is 9.37. The van der Waals surface area contributed by atoms with Gasteiger partial charge in [0.1, 0.15) is 0 Å². The molecule has 1 fully saturated rings.